The maximum Gasteiger partial charge on any atom is 0.220 e. The maximum absolute atomic E-state index is 13.1. The van der Waals surface area contributed by atoms with Gasteiger partial charge in [0.1, 0.15) is 0 Å². The molecule has 0 unspecified atom stereocenters. The van der Waals surface area contributed by atoms with Gasteiger partial charge in [0.05, 0.1) is 15.9 Å². The zero-order valence-electron chi connectivity index (χ0n) is 22.2. The van der Waals surface area contributed by atoms with Crippen LogP contribution in [0.25, 0.3) is 0 Å². The van der Waals surface area contributed by atoms with Crippen LogP contribution >= 0.6 is 27.3 Å². The third-order valence-electron chi connectivity index (χ3n) is 11.6. The number of halogens is 1. The highest BCUT2D eigenvalue weighted by atomic mass is 79.9. The van der Waals surface area contributed by atoms with Crippen molar-refractivity contribution in [1.82, 2.24) is 5.32 Å². The summed E-state index contributed by atoms with van der Waals surface area (Å²) >= 11 is 5.29. The number of aliphatic hydroxyl groups is 1. The maximum atomic E-state index is 13.1. The van der Waals surface area contributed by atoms with E-state index in [1.807, 2.05) is 0 Å². The van der Waals surface area contributed by atoms with Crippen LogP contribution in [0.1, 0.15) is 109 Å². The molecule has 5 rings (SSSR count). The van der Waals surface area contributed by atoms with E-state index in [2.05, 4.69) is 61.1 Å². The molecule has 0 aromatic carbocycles. The van der Waals surface area contributed by atoms with Gasteiger partial charge in [-0.05, 0) is 139 Å². The lowest BCUT2D eigenvalue weighted by molar-refractivity contribution is -0.131. The minimum Gasteiger partial charge on any atom is -0.393 e. The van der Waals surface area contributed by atoms with Crippen molar-refractivity contribution in [3.8, 4) is 0 Å². The molecule has 10 atom stereocenters. The van der Waals surface area contributed by atoms with Crippen molar-refractivity contribution >= 4 is 33.2 Å². The summed E-state index contributed by atoms with van der Waals surface area (Å²) in [5.74, 6) is 4.58. The van der Waals surface area contributed by atoms with E-state index in [1.165, 1.54) is 49.8 Å². The Morgan fingerprint density at radius 2 is 1.86 bits per heavy atom. The summed E-state index contributed by atoms with van der Waals surface area (Å²) in [5, 5.41) is 13.7. The van der Waals surface area contributed by atoms with E-state index in [0.717, 1.165) is 46.7 Å². The largest absolute Gasteiger partial charge is 0.393 e. The highest BCUT2D eigenvalue weighted by molar-refractivity contribution is 9.11. The molecule has 35 heavy (non-hydrogen) atoms. The Kier molecular flexibility index (Phi) is 7.54. The molecule has 3 nitrogen and oxygen atoms in total. The molecular weight excluding hydrogens is 518 g/mol. The van der Waals surface area contributed by atoms with Crippen LogP contribution < -0.4 is 5.32 Å². The van der Waals surface area contributed by atoms with Crippen molar-refractivity contribution in [3.63, 3.8) is 0 Å². The Balaban J connectivity index is 1.24. The minimum absolute atomic E-state index is 0.0602. The van der Waals surface area contributed by atoms with Crippen LogP contribution in [0.4, 0.5) is 0 Å². The standard InChI is InChI=1S/C30H46BrNO2S/c1-5-25(26-10-11-27(31)35-26)32-28(34)16-18(2)22-8-9-23-21-7-6-19-17-20(33)12-14-29(19,3)24(21)13-15-30(22,23)4/h10-11,18-25,33H,5-9,12-17H2,1-4H3,(H,32,34)/t18-,19-,20-,21+,22-,23+,24+,25-,29+,30-/m1/s1. The number of hydrogen-bond acceptors (Lipinski definition) is 3. The summed E-state index contributed by atoms with van der Waals surface area (Å²) in [6.07, 6.45) is 12.8. The predicted molar refractivity (Wildman–Crippen MR) is 148 cm³/mol. The van der Waals surface area contributed by atoms with Gasteiger partial charge in [-0.1, -0.05) is 27.7 Å². The summed E-state index contributed by atoms with van der Waals surface area (Å²) in [6.45, 7) is 9.69. The van der Waals surface area contributed by atoms with Crippen molar-refractivity contribution in [2.45, 2.75) is 110 Å². The number of nitrogens with one attached hydrogen (secondary N) is 1. The Morgan fingerprint density at radius 3 is 2.57 bits per heavy atom. The quantitative estimate of drug-likeness (QED) is 0.367. The van der Waals surface area contributed by atoms with Crippen LogP contribution in [0.3, 0.4) is 0 Å². The molecule has 4 fully saturated rings. The number of hydrogen-bond donors (Lipinski definition) is 2. The molecule has 0 spiro atoms. The molecule has 0 bridgehead atoms. The second kappa shape index (κ2) is 10.1. The number of carbonyl (C=O) groups excluding carboxylic acids is 1. The minimum atomic E-state index is -0.0602. The van der Waals surface area contributed by atoms with Gasteiger partial charge >= 0.3 is 0 Å². The van der Waals surface area contributed by atoms with Gasteiger partial charge in [0.15, 0.2) is 0 Å². The summed E-state index contributed by atoms with van der Waals surface area (Å²) in [6, 6.07) is 4.34. The highest BCUT2D eigenvalue weighted by Gasteiger charge is 2.60. The lowest BCUT2D eigenvalue weighted by Gasteiger charge is -2.61. The predicted octanol–water partition coefficient (Wildman–Crippen LogP) is 8.12. The van der Waals surface area contributed by atoms with E-state index in [0.29, 0.717) is 29.1 Å². The molecule has 0 radical (unpaired) electrons. The molecule has 2 N–H and O–H groups in total. The van der Waals surface area contributed by atoms with Gasteiger partial charge < -0.3 is 10.4 Å². The molecule has 1 aromatic rings. The fourth-order valence-corrected chi connectivity index (χ4v) is 11.3. The summed E-state index contributed by atoms with van der Waals surface area (Å²) in [7, 11) is 0. The fourth-order valence-electron chi connectivity index (χ4n) is 9.79. The first-order valence-electron chi connectivity index (χ1n) is 14.4. The van der Waals surface area contributed by atoms with E-state index < -0.39 is 0 Å². The van der Waals surface area contributed by atoms with E-state index in [1.54, 1.807) is 11.3 Å². The van der Waals surface area contributed by atoms with Crippen molar-refractivity contribution in [3.05, 3.63) is 20.8 Å². The fraction of sp³-hybridized carbons (Fsp3) is 0.833. The third kappa shape index (κ3) is 4.69. The van der Waals surface area contributed by atoms with Crippen molar-refractivity contribution < 1.29 is 9.90 Å². The lowest BCUT2D eigenvalue weighted by atomic mass is 9.44. The summed E-state index contributed by atoms with van der Waals surface area (Å²) in [4.78, 5) is 14.4. The summed E-state index contributed by atoms with van der Waals surface area (Å²) in [5.41, 5.74) is 0.833. The average Bonchev–Trinajstić information content (AvgIpc) is 3.40. The van der Waals surface area contributed by atoms with Gasteiger partial charge in [-0.25, -0.2) is 0 Å². The first kappa shape index (κ1) is 26.2. The number of amides is 1. The van der Waals surface area contributed by atoms with Crippen molar-refractivity contribution in [2.24, 2.45) is 46.3 Å². The van der Waals surface area contributed by atoms with Gasteiger partial charge in [-0.2, -0.15) is 0 Å². The zero-order valence-corrected chi connectivity index (χ0v) is 24.6. The molecule has 0 saturated heterocycles. The van der Waals surface area contributed by atoms with E-state index >= 15 is 0 Å². The monoisotopic (exact) mass is 563 g/mol. The number of thiophene rings is 1. The lowest BCUT2D eigenvalue weighted by Crippen LogP contribution is -2.54. The third-order valence-corrected chi connectivity index (χ3v) is 13.3. The van der Waals surface area contributed by atoms with Crippen LogP contribution in [0.15, 0.2) is 15.9 Å². The molecular formula is C30H46BrNO2S. The normalized spacial score (nSPS) is 42.5. The number of carbonyl (C=O) groups is 1. The molecule has 1 heterocycles. The van der Waals surface area contributed by atoms with Gasteiger partial charge in [-0.3, -0.25) is 4.79 Å². The molecule has 5 heteroatoms. The van der Waals surface area contributed by atoms with Crippen molar-refractivity contribution in [1.29, 1.82) is 0 Å². The van der Waals surface area contributed by atoms with E-state index in [4.69, 9.17) is 0 Å². The van der Waals surface area contributed by atoms with Crippen LogP contribution in [0.2, 0.25) is 0 Å². The molecule has 0 aliphatic heterocycles. The highest BCUT2D eigenvalue weighted by Crippen LogP contribution is 2.68. The molecule has 4 saturated carbocycles. The Bertz CT molecular complexity index is 918. The van der Waals surface area contributed by atoms with Gasteiger partial charge in [0.25, 0.3) is 0 Å². The Labute approximate surface area is 225 Å². The SMILES string of the molecule is CC[C@@H](NC(=O)C[C@@H](C)[C@H]1CC[C@H]2[C@@H]3CC[C@@H]4C[C@H](O)CC[C@]4(C)[C@H]3CC[C@]12C)c1ccc(Br)s1. The Hall–Kier alpha value is -0.390. The van der Waals surface area contributed by atoms with Crippen LogP contribution in [0, 0.1) is 46.3 Å². The van der Waals surface area contributed by atoms with Gasteiger partial charge in [-0.15, -0.1) is 11.3 Å². The zero-order chi connectivity index (χ0) is 25.0. The first-order chi connectivity index (χ1) is 16.7. The summed E-state index contributed by atoms with van der Waals surface area (Å²) < 4.78 is 1.13. The van der Waals surface area contributed by atoms with Crippen LogP contribution in [-0.4, -0.2) is 17.1 Å². The molecule has 4 aliphatic rings. The molecule has 1 amide bonds. The van der Waals surface area contributed by atoms with Gasteiger partial charge in [0, 0.05) is 11.3 Å². The van der Waals surface area contributed by atoms with E-state index in [9.17, 15) is 9.90 Å². The second-order valence-corrected chi connectivity index (χ2v) is 15.7. The van der Waals surface area contributed by atoms with Crippen molar-refractivity contribution in [2.75, 3.05) is 0 Å². The molecule has 4 aliphatic carbocycles. The van der Waals surface area contributed by atoms with Crippen LogP contribution in [0.5, 0.6) is 0 Å². The number of aliphatic hydroxyl groups excluding tert-OH is 1. The number of fused-ring (bicyclic) bond motifs is 5. The topological polar surface area (TPSA) is 49.3 Å². The smallest absolute Gasteiger partial charge is 0.220 e. The average molecular weight is 565 g/mol. The number of rotatable bonds is 6. The van der Waals surface area contributed by atoms with Crippen LogP contribution in [-0.2, 0) is 4.79 Å². The molecule has 1 aromatic heterocycles. The van der Waals surface area contributed by atoms with E-state index in [-0.39, 0.29) is 18.1 Å². The first-order valence-corrected chi connectivity index (χ1v) is 16.0. The second-order valence-electron chi connectivity index (χ2n) is 13.2. The Morgan fingerprint density at radius 1 is 1.11 bits per heavy atom. The van der Waals surface area contributed by atoms with Gasteiger partial charge in [0.2, 0.25) is 5.91 Å². The molecule has 196 valence electrons.